The molecule has 0 radical (unpaired) electrons. The minimum atomic E-state index is -1.03. The second kappa shape index (κ2) is 6.90. The van der Waals surface area contributed by atoms with Crippen LogP contribution in [0.1, 0.15) is 30.0 Å². The Kier molecular flexibility index (Phi) is 5.51. The predicted molar refractivity (Wildman–Crippen MR) is 70.0 cm³/mol. The van der Waals surface area contributed by atoms with Gasteiger partial charge >= 0.3 is 5.97 Å². The van der Waals surface area contributed by atoms with Crippen LogP contribution >= 0.6 is 0 Å². The van der Waals surface area contributed by atoms with E-state index in [1.165, 1.54) is 6.07 Å². The molecule has 0 amide bonds. The fourth-order valence-electron chi connectivity index (χ4n) is 1.62. The van der Waals surface area contributed by atoms with Crippen LogP contribution in [0.4, 0.5) is 5.95 Å². The first kappa shape index (κ1) is 14.4. The third kappa shape index (κ3) is 4.29. The lowest BCUT2D eigenvalue weighted by atomic mass is 10.3. The molecule has 6 heteroatoms. The fraction of sp³-hybridized carbons (Fsp3) is 0.583. The molecule has 0 aromatic carbocycles. The van der Waals surface area contributed by atoms with Crippen molar-refractivity contribution in [3.8, 4) is 0 Å². The van der Waals surface area contributed by atoms with Crippen molar-refractivity contribution in [1.82, 2.24) is 14.9 Å². The molecular weight excluding hydrogens is 232 g/mol. The summed E-state index contributed by atoms with van der Waals surface area (Å²) in [5.74, 6) is -0.660. The third-order valence-electron chi connectivity index (χ3n) is 2.68. The van der Waals surface area contributed by atoms with Crippen LogP contribution in [0.3, 0.4) is 0 Å². The van der Waals surface area contributed by atoms with E-state index in [2.05, 4.69) is 34.0 Å². The average Bonchev–Trinajstić information content (AvgIpc) is 2.34. The summed E-state index contributed by atoms with van der Waals surface area (Å²) in [5, 5.41) is 11.9. The van der Waals surface area contributed by atoms with E-state index in [1.54, 1.807) is 6.92 Å². The molecule has 1 aromatic heterocycles. The van der Waals surface area contributed by atoms with E-state index in [0.29, 0.717) is 18.2 Å². The van der Waals surface area contributed by atoms with E-state index >= 15 is 0 Å². The van der Waals surface area contributed by atoms with Gasteiger partial charge in [0.05, 0.1) is 0 Å². The van der Waals surface area contributed by atoms with Gasteiger partial charge in [-0.15, -0.1) is 0 Å². The number of nitrogens with one attached hydrogen (secondary N) is 1. The number of carbonyl (C=O) groups is 1. The SMILES string of the molecule is CCN(CC)CCNc1nc(C)cc(C(=O)O)n1. The molecule has 0 spiro atoms. The lowest BCUT2D eigenvalue weighted by Crippen LogP contribution is -2.29. The molecule has 0 saturated heterocycles. The second-order valence-electron chi connectivity index (χ2n) is 3.98. The summed E-state index contributed by atoms with van der Waals surface area (Å²) < 4.78 is 0. The zero-order chi connectivity index (χ0) is 13.5. The Hall–Kier alpha value is -1.69. The van der Waals surface area contributed by atoms with Crippen LogP contribution < -0.4 is 5.32 Å². The molecule has 0 atom stereocenters. The summed E-state index contributed by atoms with van der Waals surface area (Å²) in [4.78, 5) is 21.2. The van der Waals surface area contributed by atoms with E-state index in [1.807, 2.05) is 0 Å². The molecular formula is C12H20N4O2. The smallest absolute Gasteiger partial charge is 0.354 e. The summed E-state index contributed by atoms with van der Waals surface area (Å²) in [6, 6.07) is 1.46. The zero-order valence-electron chi connectivity index (χ0n) is 11.1. The topological polar surface area (TPSA) is 78.4 Å². The maximum atomic E-state index is 10.9. The zero-order valence-corrected chi connectivity index (χ0v) is 11.1. The van der Waals surface area contributed by atoms with Gasteiger partial charge in [0, 0.05) is 18.8 Å². The highest BCUT2D eigenvalue weighted by molar-refractivity contribution is 5.85. The maximum absolute atomic E-state index is 10.9. The Balaban J connectivity index is 2.59. The molecule has 0 bridgehead atoms. The molecule has 1 rings (SSSR count). The van der Waals surface area contributed by atoms with Crippen molar-refractivity contribution in [3.05, 3.63) is 17.5 Å². The average molecular weight is 252 g/mol. The van der Waals surface area contributed by atoms with Gasteiger partial charge in [-0.1, -0.05) is 13.8 Å². The highest BCUT2D eigenvalue weighted by Crippen LogP contribution is 2.04. The monoisotopic (exact) mass is 252 g/mol. The Morgan fingerprint density at radius 2 is 2.06 bits per heavy atom. The van der Waals surface area contributed by atoms with Gasteiger partial charge in [-0.3, -0.25) is 0 Å². The van der Waals surface area contributed by atoms with Crippen LogP contribution in [0, 0.1) is 6.92 Å². The number of carboxylic acid groups (broad SMARTS) is 1. The van der Waals surface area contributed by atoms with Crippen LogP contribution in [-0.2, 0) is 0 Å². The van der Waals surface area contributed by atoms with E-state index in [9.17, 15) is 4.79 Å². The molecule has 2 N–H and O–H groups in total. The van der Waals surface area contributed by atoms with Crippen molar-refractivity contribution in [2.75, 3.05) is 31.5 Å². The summed E-state index contributed by atoms with van der Waals surface area (Å²) in [7, 11) is 0. The molecule has 100 valence electrons. The summed E-state index contributed by atoms with van der Waals surface area (Å²) >= 11 is 0. The first-order chi connectivity index (χ1) is 8.56. The van der Waals surface area contributed by atoms with Gasteiger partial charge < -0.3 is 15.3 Å². The van der Waals surface area contributed by atoms with E-state index in [0.717, 1.165) is 19.6 Å². The van der Waals surface area contributed by atoms with Crippen molar-refractivity contribution in [2.45, 2.75) is 20.8 Å². The van der Waals surface area contributed by atoms with Crippen LogP contribution in [0.25, 0.3) is 0 Å². The minimum absolute atomic E-state index is 0.0211. The quantitative estimate of drug-likeness (QED) is 0.760. The minimum Gasteiger partial charge on any atom is -0.477 e. The van der Waals surface area contributed by atoms with Gasteiger partial charge in [-0.2, -0.15) is 0 Å². The number of aromatic carboxylic acids is 1. The van der Waals surface area contributed by atoms with Crippen molar-refractivity contribution in [3.63, 3.8) is 0 Å². The highest BCUT2D eigenvalue weighted by atomic mass is 16.4. The van der Waals surface area contributed by atoms with E-state index in [-0.39, 0.29) is 5.69 Å². The molecule has 0 aliphatic heterocycles. The maximum Gasteiger partial charge on any atom is 0.354 e. The number of likely N-dealkylation sites (N-methyl/N-ethyl adjacent to an activating group) is 1. The Labute approximate surface area is 107 Å². The van der Waals surface area contributed by atoms with Crippen LogP contribution in [0.2, 0.25) is 0 Å². The molecule has 1 heterocycles. The number of hydrogen-bond acceptors (Lipinski definition) is 5. The highest BCUT2D eigenvalue weighted by Gasteiger charge is 2.08. The standard InChI is InChI=1S/C12H20N4O2/c1-4-16(5-2)7-6-13-12-14-9(3)8-10(15-12)11(17)18/h8H,4-7H2,1-3H3,(H,17,18)(H,13,14,15). The number of rotatable bonds is 7. The molecule has 0 unspecified atom stereocenters. The molecule has 0 saturated carbocycles. The number of anilines is 1. The van der Waals surface area contributed by atoms with Crippen LogP contribution in [0.5, 0.6) is 0 Å². The number of carboxylic acids is 1. The molecule has 1 aromatic rings. The van der Waals surface area contributed by atoms with Crippen LogP contribution in [-0.4, -0.2) is 52.1 Å². The first-order valence-corrected chi connectivity index (χ1v) is 6.12. The fourth-order valence-corrected chi connectivity index (χ4v) is 1.62. The number of nitrogens with zero attached hydrogens (tertiary/aromatic N) is 3. The van der Waals surface area contributed by atoms with Gasteiger partial charge in [0.1, 0.15) is 0 Å². The molecule has 0 aliphatic rings. The van der Waals surface area contributed by atoms with Gasteiger partial charge in [0.2, 0.25) is 5.95 Å². The lowest BCUT2D eigenvalue weighted by Gasteiger charge is -2.18. The number of aryl methyl sites for hydroxylation is 1. The van der Waals surface area contributed by atoms with Gasteiger partial charge in [0.25, 0.3) is 0 Å². The normalized spacial score (nSPS) is 10.7. The van der Waals surface area contributed by atoms with Gasteiger partial charge in [0.15, 0.2) is 5.69 Å². The largest absolute Gasteiger partial charge is 0.477 e. The molecule has 0 aliphatic carbocycles. The molecule has 0 fully saturated rings. The Morgan fingerprint density at radius 1 is 1.39 bits per heavy atom. The second-order valence-corrected chi connectivity index (χ2v) is 3.98. The third-order valence-corrected chi connectivity index (χ3v) is 2.68. The van der Waals surface area contributed by atoms with Crippen molar-refractivity contribution < 1.29 is 9.90 Å². The van der Waals surface area contributed by atoms with Crippen LogP contribution in [0.15, 0.2) is 6.07 Å². The lowest BCUT2D eigenvalue weighted by molar-refractivity contribution is 0.0690. The number of aromatic nitrogens is 2. The first-order valence-electron chi connectivity index (χ1n) is 6.12. The van der Waals surface area contributed by atoms with E-state index < -0.39 is 5.97 Å². The summed E-state index contributed by atoms with van der Waals surface area (Å²) in [6.07, 6.45) is 0. The Bertz CT molecular complexity index is 405. The number of hydrogen-bond donors (Lipinski definition) is 2. The Morgan fingerprint density at radius 3 is 2.61 bits per heavy atom. The van der Waals surface area contributed by atoms with Crippen molar-refractivity contribution >= 4 is 11.9 Å². The predicted octanol–water partition coefficient (Wildman–Crippen LogP) is 1.24. The summed E-state index contributed by atoms with van der Waals surface area (Å²) in [6.45, 7) is 9.53. The van der Waals surface area contributed by atoms with Gasteiger partial charge in [-0.25, -0.2) is 14.8 Å². The molecule has 18 heavy (non-hydrogen) atoms. The molecule has 6 nitrogen and oxygen atoms in total. The van der Waals surface area contributed by atoms with Crippen molar-refractivity contribution in [2.24, 2.45) is 0 Å². The summed E-state index contributed by atoms with van der Waals surface area (Å²) in [5.41, 5.74) is 0.667. The van der Waals surface area contributed by atoms with Gasteiger partial charge in [-0.05, 0) is 26.1 Å². The van der Waals surface area contributed by atoms with Crippen molar-refractivity contribution in [1.29, 1.82) is 0 Å². The van der Waals surface area contributed by atoms with E-state index in [4.69, 9.17) is 5.11 Å².